The van der Waals surface area contributed by atoms with E-state index in [4.69, 9.17) is 11.5 Å². The van der Waals surface area contributed by atoms with Crippen LogP contribution in [-0.4, -0.2) is 14.2 Å². The first-order valence-corrected chi connectivity index (χ1v) is 12.2. The number of benzene rings is 2. The van der Waals surface area contributed by atoms with Crippen LogP contribution < -0.4 is 11.5 Å². The van der Waals surface area contributed by atoms with E-state index in [0.29, 0.717) is 21.3 Å². The van der Waals surface area contributed by atoms with Crippen molar-refractivity contribution in [2.75, 3.05) is 11.5 Å². The number of pyridine rings is 2. The largest absolute Gasteiger partial charge is 0.416 e. The van der Waals surface area contributed by atoms with Gasteiger partial charge in [-0.05, 0) is 60.7 Å². The lowest BCUT2D eigenvalue weighted by Crippen LogP contribution is -2.06. The van der Waals surface area contributed by atoms with Gasteiger partial charge >= 0.3 is 12.4 Å². The van der Waals surface area contributed by atoms with Crippen molar-refractivity contribution in [1.29, 1.82) is 0 Å². The molecule has 0 spiro atoms. The van der Waals surface area contributed by atoms with Crippen LogP contribution in [0.25, 0.3) is 0 Å². The number of nitrogens with zero attached hydrogens (tertiary/aromatic N) is 2. The normalized spacial score (nSPS) is 12.4. The molecule has 194 valence electrons. The van der Waals surface area contributed by atoms with Gasteiger partial charge < -0.3 is 11.5 Å². The van der Waals surface area contributed by atoms with Crippen molar-refractivity contribution in [3.05, 3.63) is 96.3 Å². The zero-order valence-electron chi connectivity index (χ0n) is 18.6. The number of rotatable bonds is 4. The zero-order chi connectivity index (χ0) is 27.2. The molecule has 0 saturated carbocycles. The molecule has 2 aromatic carbocycles. The molecule has 0 radical (unpaired) electrons. The van der Waals surface area contributed by atoms with Gasteiger partial charge in [-0.15, -0.1) is 0 Å². The Labute approximate surface area is 214 Å². The summed E-state index contributed by atoms with van der Waals surface area (Å²) in [4.78, 5) is 8.40. The van der Waals surface area contributed by atoms with Gasteiger partial charge in [-0.3, -0.25) is 0 Å². The second-order valence-electron chi connectivity index (χ2n) is 7.28. The van der Waals surface area contributed by atoms with Crippen molar-refractivity contribution in [1.82, 2.24) is 9.97 Å². The van der Waals surface area contributed by atoms with Gasteiger partial charge in [0.05, 0.1) is 34.9 Å². The predicted octanol–water partition coefficient (Wildman–Crippen LogP) is 6.68. The first kappa shape index (κ1) is 28.0. The summed E-state index contributed by atoms with van der Waals surface area (Å²) in [5.74, 6) is 0. The molecule has 13 heteroatoms. The van der Waals surface area contributed by atoms with Crippen LogP contribution in [0.15, 0.2) is 105 Å². The predicted molar refractivity (Wildman–Crippen MR) is 129 cm³/mol. The highest BCUT2D eigenvalue weighted by molar-refractivity contribution is 7.99. The van der Waals surface area contributed by atoms with Crippen molar-refractivity contribution in [2.24, 2.45) is 0 Å². The van der Waals surface area contributed by atoms with E-state index in [1.165, 1.54) is 42.7 Å². The van der Waals surface area contributed by atoms with Gasteiger partial charge in [0.2, 0.25) is 0 Å². The summed E-state index contributed by atoms with van der Waals surface area (Å²) in [6, 6.07) is 15.7. The Kier molecular flexibility index (Phi) is 8.81. The van der Waals surface area contributed by atoms with Crippen molar-refractivity contribution < 1.29 is 30.6 Å². The fraction of sp³-hybridized carbons (Fsp3) is 0.0833. The molecule has 1 unspecified atom stereocenters. The number of aromatic nitrogens is 2. The number of anilines is 2. The molecular weight excluding hydrogens is 538 g/mol. The minimum absolute atomic E-state index is 0.0482. The van der Waals surface area contributed by atoms with Gasteiger partial charge in [-0.2, -0.15) is 26.3 Å². The van der Waals surface area contributed by atoms with Gasteiger partial charge in [-0.25, -0.2) is 14.2 Å². The standard InChI is InChI=1S/C12H9F3N2OS.C12H9F3N2S/c13-12(14,15)8-2-1-3-10(6-8)19(18)11-5-4-9(16)7-17-11;13-12(14,15)8-2-1-3-10(6-8)18-11-5-4-9(16)7-17-11/h1-7H,16H2;1-7H,16H2. The highest BCUT2D eigenvalue weighted by atomic mass is 32.2. The Morgan fingerprint density at radius 3 is 1.81 bits per heavy atom. The van der Waals surface area contributed by atoms with Crippen LogP contribution in [-0.2, 0) is 23.2 Å². The Balaban J connectivity index is 0.000000206. The quantitative estimate of drug-likeness (QED) is 0.272. The Morgan fingerprint density at radius 1 is 0.703 bits per heavy atom. The molecule has 0 aliphatic heterocycles. The van der Waals surface area contributed by atoms with E-state index < -0.39 is 34.3 Å². The minimum Gasteiger partial charge on any atom is -0.397 e. The molecule has 4 aromatic rings. The molecule has 0 amide bonds. The number of nitrogen functional groups attached to an aromatic ring is 2. The van der Waals surface area contributed by atoms with Crippen LogP contribution in [0.2, 0.25) is 0 Å². The van der Waals surface area contributed by atoms with Gasteiger partial charge in [0, 0.05) is 9.79 Å². The van der Waals surface area contributed by atoms with Crippen LogP contribution >= 0.6 is 11.8 Å². The Bertz CT molecular complexity index is 1360. The molecule has 37 heavy (non-hydrogen) atoms. The molecule has 0 aliphatic rings. The number of halogens is 6. The first-order valence-electron chi connectivity index (χ1n) is 10.2. The topological polar surface area (TPSA) is 94.9 Å². The summed E-state index contributed by atoms with van der Waals surface area (Å²) >= 11 is 1.16. The minimum atomic E-state index is -4.46. The molecule has 0 fully saturated rings. The molecule has 1 atom stereocenters. The lowest BCUT2D eigenvalue weighted by Gasteiger charge is -2.08. The molecular formula is C24H18F6N4OS2. The third-order valence-electron chi connectivity index (χ3n) is 4.47. The molecule has 0 saturated heterocycles. The van der Waals surface area contributed by atoms with Crippen LogP contribution in [0.4, 0.5) is 37.7 Å². The van der Waals surface area contributed by atoms with Crippen molar-refractivity contribution in [3.63, 3.8) is 0 Å². The van der Waals surface area contributed by atoms with Gasteiger partial charge in [0.25, 0.3) is 0 Å². The SMILES string of the molecule is Nc1ccc(S(=O)c2cccc(C(F)(F)F)c2)nc1.Nc1ccc(Sc2cccc(C(F)(F)F)c2)nc1. The average molecular weight is 557 g/mol. The maximum Gasteiger partial charge on any atom is 0.416 e. The van der Waals surface area contributed by atoms with E-state index in [9.17, 15) is 30.6 Å². The molecule has 4 rings (SSSR count). The van der Waals surface area contributed by atoms with Crippen molar-refractivity contribution in [3.8, 4) is 0 Å². The maximum absolute atomic E-state index is 12.6. The second kappa shape index (κ2) is 11.6. The van der Waals surface area contributed by atoms with E-state index in [1.807, 2.05) is 0 Å². The molecule has 4 N–H and O–H groups in total. The highest BCUT2D eigenvalue weighted by Crippen LogP contribution is 2.34. The number of hydrogen-bond donors (Lipinski definition) is 2. The van der Waals surface area contributed by atoms with E-state index in [1.54, 1.807) is 18.2 Å². The van der Waals surface area contributed by atoms with Crippen LogP contribution in [0, 0.1) is 0 Å². The smallest absolute Gasteiger partial charge is 0.397 e. The van der Waals surface area contributed by atoms with Crippen molar-refractivity contribution >= 4 is 33.9 Å². The summed E-state index contributed by atoms with van der Waals surface area (Å²) < 4.78 is 87.3. The first-order chi connectivity index (χ1) is 17.3. The van der Waals surface area contributed by atoms with Gasteiger partial charge in [0.1, 0.15) is 20.9 Å². The lowest BCUT2D eigenvalue weighted by atomic mass is 10.2. The number of alkyl halides is 6. The van der Waals surface area contributed by atoms with Gasteiger partial charge in [0.15, 0.2) is 0 Å². The van der Waals surface area contributed by atoms with Crippen LogP contribution in [0.3, 0.4) is 0 Å². The highest BCUT2D eigenvalue weighted by Gasteiger charge is 2.31. The second-order valence-corrected chi connectivity index (χ2v) is 9.80. The summed E-state index contributed by atoms with van der Waals surface area (Å²) in [7, 11) is -1.77. The van der Waals surface area contributed by atoms with Crippen LogP contribution in [0.5, 0.6) is 0 Å². The summed E-state index contributed by atoms with van der Waals surface area (Å²) in [6.07, 6.45) is -6.02. The van der Waals surface area contributed by atoms with Crippen molar-refractivity contribution in [2.45, 2.75) is 32.2 Å². The Hall–Kier alpha value is -3.58. The number of hydrogen-bond acceptors (Lipinski definition) is 6. The number of nitrogens with two attached hydrogens (primary N) is 2. The average Bonchev–Trinajstić information content (AvgIpc) is 2.85. The van der Waals surface area contributed by atoms with Crippen LogP contribution in [0.1, 0.15) is 11.1 Å². The monoisotopic (exact) mass is 556 g/mol. The summed E-state index contributed by atoms with van der Waals surface area (Å²) in [5, 5.41) is 0.761. The molecule has 5 nitrogen and oxygen atoms in total. The molecule has 2 aromatic heterocycles. The maximum atomic E-state index is 12.6. The van der Waals surface area contributed by atoms with Gasteiger partial charge in [-0.1, -0.05) is 23.9 Å². The molecule has 2 heterocycles. The summed E-state index contributed by atoms with van der Waals surface area (Å²) in [6.45, 7) is 0. The van der Waals surface area contributed by atoms with E-state index in [0.717, 1.165) is 36.0 Å². The third-order valence-corrected chi connectivity index (χ3v) is 6.71. The van der Waals surface area contributed by atoms with E-state index in [2.05, 4.69) is 9.97 Å². The van der Waals surface area contributed by atoms with E-state index in [-0.39, 0.29) is 9.92 Å². The molecule has 0 aliphatic carbocycles. The fourth-order valence-electron chi connectivity index (χ4n) is 2.72. The molecule has 0 bridgehead atoms. The van der Waals surface area contributed by atoms with E-state index >= 15 is 0 Å². The third kappa shape index (κ3) is 8.22. The summed E-state index contributed by atoms with van der Waals surface area (Å²) in [5.41, 5.74) is 10.3. The zero-order valence-corrected chi connectivity index (χ0v) is 20.3. The Morgan fingerprint density at radius 2 is 1.27 bits per heavy atom. The fourth-order valence-corrected chi connectivity index (χ4v) is 4.55. The lowest BCUT2D eigenvalue weighted by molar-refractivity contribution is -0.138.